The van der Waals surface area contributed by atoms with Crippen molar-refractivity contribution in [2.75, 3.05) is 18.0 Å². The summed E-state index contributed by atoms with van der Waals surface area (Å²) in [5, 5.41) is 4.50. The Morgan fingerprint density at radius 1 is 1.04 bits per heavy atom. The highest BCUT2D eigenvalue weighted by molar-refractivity contribution is 5.70. The Balaban J connectivity index is 1.43. The first kappa shape index (κ1) is 16.6. The van der Waals surface area contributed by atoms with Gasteiger partial charge in [0.05, 0.1) is 42.5 Å². The Hall–Kier alpha value is -2.61. The van der Waals surface area contributed by atoms with Gasteiger partial charge >= 0.3 is 0 Å². The number of fused-ring (bicyclic) bond motifs is 1. The summed E-state index contributed by atoms with van der Waals surface area (Å²) in [5.74, 6) is 0.676. The Labute approximate surface area is 157 Å². The number of rotatable bonds is 3. The van der Waals surface area contributed by atoms with Gasteiger partial charge in [0.2, 0.25) is 5.95 Å². The van der Waals surface area contributed by atoms with Crippen LogP contribution in [0.25, 0.3) is 11.2 Å². The zero-order chi connectivity index (χ0) is 18.5. The summed E-state index contributed by atoms with van der Waals surface area (Å²) in [7, 11) is 0. The number of hydrogen-bond acceptors (Lipinski definition) is 7. The van der Waals surface area contributed by atoms with E-state index < -0.39 is 0 Å². The van der Waals surface area contributed by atoms with Crippen LogP contribution < -0.4 is 4.90 Å². The molecule has 140 valence electrons. The number of morpholine rings is 1. The molecule has 2 fully saturated rings. The van der Waals surface area contributed by atoms with Crippen LogP contribution in [0, 0.1) is 13.8 Å². The number of ether oxygens (including phenoxy) is 1. The van der Waals surface area contributed by atoms with Crippen molar-refractivity contribution in [2.45, 2.75) is 51.9 Å². The van der Waals surface area contributed by atoms with Gasteiger partial charge in [-0.1, -0.05) is 0 Å². The lowest BCUT2D eigenvalue weighted by Gasteiger charge is -2.36. The van der Waals surface area contributed by atoms with Gasteiger partial charge in [0.25, 0.3) is 0 Å². The number of nitrogens with zero attached hydrogens (tertiary/aromatic N) is 7. The third kappa shape index (κ3) is 3.14. The second-order valence-electron chi connectivity index (χ2n) is 7.60. The summed E-state index contributed by atoms with van der Waals surface area (Å²) in [5.41, 5.74) is 4.29. The molecule has 3 aromatic rings. The van der Waals surface area contributed by atoms with Gasteiger partial charge < -0.3 is 9.64 Å². The van der Waals surface area contributed by atoms with Crippen LogP contribution in [-0.4, -0.2) is 48.9 Å². The van der Waals surface area contributed by atoms with E-state index in [2.05, 4.69) is 47.7 Å². The van der Waals surface area contributed by atoms with E-state index in [9.17, 15) is 0 Å². The molecule has 1 aliphatic carbocycles. The molecule has 1 saturated heterocycles. The van der Waals surface area contributed by atoms with Crippen LogP contribution in [0.3, 0.4) is 0 Å². The minimum Gasteiger partial charge on any atom is -0.367 e. The first-order chi connectivity index (χ1) is 13.1. The van der Waals surface area contributed by atoms with Crippen LogP contribution in [-0.2, 0) is 4.74 Å². The van der Waals surface area contributed by atoms with E-state index in [-0.39, 0.29) is 12.2 Å². The molecule has 1 saturated carbocycles. The number of anilines is 1. The predicted molar refractivity (Wildman–Crippen MR) is 101 cm³/mol. The van der Waals surface area contributed by atoms with Crippen LogP contribution >= 0.6 is 0 Å². The van der Waals surface area contributed by atoms with Crippen molar-refractivity contribution >= 4 is 17.1 Å². The molecule has 8 heteroatoms. The summed E-state index contributed by atoms with van der Waals surface area (Å²) in [4.78, 5) is 20.5. The molecule has 3 aromatic heterocycles. The Kier molecular flexibility index (Phi) is 3.82. The van der Waals surface area contributed by atoms with E-state index in [1.54, 1.807) is 6.20 Å². The topological polar surface area (TPSA) is 81.9 Å². The normalized spacial score (nSPS) is 23.1. The largest absolute Gasteiger partial charge is 0.367 e. The van der Waals surface area contributed by atoms with E-state index in [0.717, 1.165) is 29.0 Å². The van der Waals surface area contributed by atoms with Gasteiger partial charge in [-0.2, -0.15) is 10.1 Å². The predicted octanol–water partition coefficient (Wildman–Crippen LogP) is 2.53. The van der Waals surface area contributed by atoms with Gasteiger partial charge in [-0.05, 0) is 33.6 Å². The molecular formula is C19H23N7O. The van der Waals surface area contributed by atoms with E-state index >= 15 is 0 Å². The van der Waals surface area contributed by atoms with Gasteiger partial charge in [0.15, 0.2) is 5.65 Å². The van der Waals surface area contributed by atoms with E-state index in [1.165, 1.54) is 12.8 Å². The lowest BCUT2D eigenvalue weighted by Crippen LogP contribution is -2.43. The molecule has 0 radical (unpaired) electrons. The van der Waals surface area contributed by atoms with E-state index in [0.29, 0.717) is 24.2 Å². The summed E-state index contributed by atoms with van der Waals surface area (Å²) >= 11 is 0. The Morgan fingerprint density at radius 2 is 1.85 bits per heavy atom. The summed E-state index contributed by atoms with van der Waals surface area (Å²) in [6.07, 6.45) is 8.30. The van der Waals surface area contributed by atoms with Gasteiger partial charge in [-0.3, -0.25) is 4.68 Å². The first-order valence-electron chi connectivity index (χ1n) is 9.49. The molecule has 2 aliphatic rings. The second kappa shape index (κ2) is 6.23. The molecule has 0 aromatic carbocycles. The fourth-order valence-corrected chi connectivity index (χ4v) is 3.53. The molecule has 0 amide bonds. The monoisotopic (exact) mass is 365 g/mol. The molecule has 5 rings (SSSR count). The van der Waals surface area contributed by atoms with Gasteiger partial charge in [-0.25, -0.2) is 15.0 Å². The maximum atomic E-state index is 6.18. The third-order valence-corrected chi connectivity index (χ3v) is 5.28. The van der Waals surface area contributed by atoms with Crippen molar-refractivity contribution in [1.29, 1.82) is 0 Å². The highest BCUT2D eigenvalue weighted by atomic mass is 16.5. The average Bonchev–Trinajstić information content (AvgIpc) is 3.38. The van der Waals surface area contributed by atoms with Crippen molar-refractivity contribution in [3.05, 3.63) is 35.5 Å². The molecule has 0 bridgehead atoms. The molecule has 2 atom stereocenters. The molecule has 8 nitrogen and oxygen atoms in total. The standard InChI is InChI=1S/C19H23N7O/c1-11-8-25(10-17(27-11)14-6-21-26(9-14)15-4-5-15)19-20-7-16-18(24-19)23-13(3)12(2)22-16/h6-7,9,11,15,17H,4-5,8,10H2,1-3H3/t11-,17?/m0/s1. The summed E-state index contributed by atoms with van der Waals surface area (Å²) < 4.78 is 8.25. The number of aromatic nitrogens is 6. The van der Waals surface area contributed by atoms with Crippen molar-refractivity contribution in [3.8, 4) is 0 Å². The maximum Gasteiger partial charge on any atom is 0.227 e. The fraction of sp³-hybridized carbons (Fsp3) is 0.526. The Morgan fingerprint density at radius 3 is 2.67 bits per heavy atom. The number of hydrogen-bond donors (Lipinski definition) is 0. The van der Waals surface area contributed by atoms with E-state index in [4.69, 9.17) is 4.74 Å². The summed E-state index contributed by atoms with van der Waals surface area (Å²) in [6.45, 7) is 7.43. The van der Waals surface area contributed by atoms with Crippen molar-refractivity contribution in [2.24, 2.45) is 0 Å². The molecule has 1 aliphatic heterocycles. The minimum atomic E-state index is -0.0358. The van der Waals surface area contributed by atoms with Crippen LogP contribution in [0.2, 0.25) is 0 Å². The molecule has 27 heavy (non-hydrogen) atoms. The third-order valence-electron chi connectivity index (χ3n) is 5.28. The zero-order valence-corrected chi connectivity index (χ0v) is 15.8. The smallest absolute Gasteiger partial charge is 0.227 e. The SMILES string of the molecule is Cc1nc2cnc(N3CC(c4cnn(C5CC5)c4)O[C@@H](C)C3)nc2nc1C. The van der Waals surface area contributed by atoms with Crippen LogP contribution in [0.4, 0.5) is 5.95 Å². The lowest BCUT2D eigenvalue weighted by molar-refractivity contribution is -0.0178. The lowest BCUT2D eigenvalue weighted by atomic mass is 10.1. The zero-order valence-electron chi connectivity index (χ0n) is 15.8. The average molecular weight is 365 g/mol. The van der Waals surface area contributed by atoms with Gasteiger partial charge in [0.1, 0.15) is 11.6 Å². The maximum absolute atomic E-state index is 6.18. The van der Waals surface area contributed by atoms with Crippen LogP contribution in [0.5, 0.6) is 0 Å². The fourth-order valence-electron chi connectivity index (χ4n) is 3.53. The van der Waals surface area contributed by atoms with E-state index in [1.807, 2.05) is 20.0 Å². The molecule has 4 heterocycles. The Bertz CT molecular complexity index is 997. The second-order valence-corrected chi connectivity index (χ2v) is 7.60. The minimum absolute atomic E-state index is 0.0358. The highest BCUT2D eigenvalue weighted by Gasteiger charge is 2.31. The van der Waals surface area contributed by atoms with Crippen LogP contribution in [0.15, 0.2) is 18.6 Å². The van der Waals surface area contributed by atoms with Crippen molar-refractivity contribution in [3.63, 3.8) is 0 Å². The molecule has 1 unspecified atom stereocenters. The van der Waals surface area contributed by atoms with Gasteiger partial charge in [-0.15, -0.1) is 0 Å². The van der Waals surface area contributed by atoms with Crippen LogP contribution in [0.1, 0.15) is 48.9 Å². The molecule has 0 spiro atoms. The highest BCUT2D eigenvalue weighted by Crippen LogP contribution is 2.35. The first-order valence-corrected chi connectivity index (χ1v) is 9.49. The molecule has 0 N–H and O–H groups in total. The summed E-state index contributed by atoms with van der Waals surface area (Å²) in [6, 6.07) is 0.574. The van der Waals surface area contributed by atoms with Crippen molar-refractivity contribution in [1.82, 2.24) is 29.7 Å². The van der Waals surface area contributed by atoms with Crippen molar-refractivity contribution < 1.29 is 4.74 Å². The van der Waals surface area contributed by atoms with Gasteiger partial charge in [0, 0.05) is 18.3 Å². The molecular weight excluding hydrogens is 342 g/mol. The quantitative estimate of drug-likeness (QED) is 0.705. The number of aryl methyl sites for hydroxylation is 2.